The van der Waals surface area contributed by atoms with Gasteiger partial charge in [-0.2, -0.15) is 17.9 Å². The quantitative estimate of drug-likeness (QED) is 0.502. The van der Waals surface area contributed by atoms with Crippen molar-refractivity contribution in [3.05, 3.63) is 88.9 Å². The van der Waals surface area contributed by atoms with Crippen LogP contribution in [0.25, 0.3) is 0 Å². The van der Waals surface area contributed by atoms with E-state index in [0.717, 1.165) is 16.2 Å². The lowest BCUT2D eigenvalue weighted by atomic mass is 9.99. The molecule has 34 heavy (non-hydrogen) atoms. The van der Waals surface area contributed by atoms with Crippen LogP contribution in [-0.4, -0.2) is 40.3 Å². The average molecular weight is 520 g/mol. The van der Waals surface area contributed by atoms with E-state index < -0.39 is 26.1 Å². The Morgan fingerprint density at radius 1 is 1.00 bits per heavy atom. The Kier molecular flexibility index (Phi) is 6.57. The van der Waals surface area contributed by atoms with Gasteiger partial charge in [0.2, 0.25) is 10.0 Å². The maximum absolute atomic E-state index is 13.5. The largest absolute Gasteiger partial charge is 0.497 e. The smallest absolute Gasteiger partial charge is 0.279 e. The number of nitrogens with zero attached hydrogens (tertiary/aromatic N) is 2. The normalized spacial score (nSPS) is 16.3. The van der Waals surface area contributed by atoms with Crippen LogP contribution in [0, 0.1) is 0 Å². The summed E-state index contributed by atoms with van der Waals surface area (Å²) in [5, 5.41) is 4.79. The third-order valence-corrected chi connectivity index (χ3v) is 7.75. The molecule has 4 rings (SSSR count). The van der Waals surface area contributed by atoms with Crippen molar-refractivity contribution in [3.8, 4) is 5.75 Å². The lowest BCUT2D eigenvalue weighted by molar-refractivity contribution is 0.370. The minimum Gasteiger partial charge on any atom is -0.497 e. The van der Waals surface area contributed by atoms with Gasteiger partial charge in [-0.3, -0.25) is 4.72 Å². The van der Waals surface area contributed by atoms with E-state index >= 15 is 0 Å². The molecule has 0 aromatic heterocycles. The lowest BCUT2D eigenvalue weighted by Gasteiger charge is -2.23. The molecular formula is C23H22ClN3O5S2. The molecule has 0 spiro atoms. The first-order valence-electron chi connectivity index (χ1n) is 10.2. The number of nitrogens with one attached hydrogen (secondary N) is 1. The van der Waals surface area contributed by atoms with Crippen molar-refractivity contribution in [1.82, 2.24) is 4.41 Å². The van der Waals surface area contributed by atoms with E-state index in [1.807, 2.05) is 12.1 Å². The summed E-state index contributed by atoms with van der Waals surface area (Å²) in [5.41, 5.74) is 2.39. The zero-order valence-corrected chi connectivity index (χ0v) is 20.7. The van der Waals surface area contributed by atoms with Crippen molar-refractivity contribution in [3.63, 3.8) is 0 Å². The molecule has 1 atom stereocenters. The van der Waals surface area contributed by atoms with Gasteiger partial charge in [0.05, 0.1) is 30.0 Å². The minimum absolute atomic E-state index is 0.0382. The molecule has 3 aromatic carbocycles. The number of hydrazone groups is 1. The number of ether oxygens (including phenoxy) is 1. The number of rotatable bonds is 7. The van der Waals surface area contributed by atoms with Gasteiger partial charge in [0.15, 0.2) is 0 Å². The fraction of sp³-hybridized carbons (Fsp3) is 0.174. The topological polar surface area (TPSA) is 105 Å². The molecule has 11 heteroatoms. The second-order valence-electron chi connectivity index (χ2n) is 7.73. The molecule has 0 amide bonds. The maximum atomic E-state index is 13.5. The van der Waals surface area contributed by atoms with Crippen molar-refractivity contribution in [2.24, 2.45) is 5.10 Å². The molecule has 0 unspecified atom stereocenters. The Morgan fingerprint density at radius 2 is 1.68 bits per heavy atom. The van der Waals surface area contributed by atoms with Gasteiger partial charge in [0, 0.05) is 17.1 Å². The van der Waals surface area contributed by atoms with Gasteiger partial charge in [-0.1, -0.05) is 41.9 Å². The monoisotopic (exact) mass is 519 g/mol. The predicted molar refractivity (Wildman–Crippen MR) is 132 cm³/mol. The summed E-state index contributed by atoms with van der Waals surface area (Å²) >= 11 is 6.05. The number of hydrogen-bond acceptors (Lipinski definition) is 6. The van der Waals surface area contributed by atoms with E-state index in [9.17, 15) is 16.8 Å². The molecule has 0 radical (unpaired) electrons. The molecule has 0 aliphatic carbocycles. The van der Waals surface area contributed by atoms with E-state index in [1.165, 1.54) is 12.1 Å². The molecule has 1 heterocycles. The molecule has 1 aliphatic heterocycles. The van der Waals surface area contributed by atoms with E-state index in [0.29, 0.717) is 34.2 Å². The van der Waals surface area contributed by atoms with Crippen molar-refractivity contribution in [2.75, 3.05) is 18.1 Å². The number of halogens is 1. The maximum Gasteiger partial charge on any atom is 0.279 e. The fourth-order valence-corrected chi connectivity index (χ4v) is 5.94. The summed E-state index contributed by atoms with van der Waals surface area (Å²) < 4.78 is 58.8. The highest BCUT2D eigenvalue weighted by Gasteiger charge is 2.37. The third-order valence-electron chi connectivity index (χ3n) is 5.23. The molecule has 0 saturated heterocycles. The molecule has 0 bridgehead atoms. The molecule has 0 saturated carbocycles. The van der Waals surface area contributed by atoms with Crippen LogP contribution in [0.2, 0.25) is 5.02 Å². The predicted octanol–water partition coefficient (Wildman–Crippen LogP) is 4.26. The summed E-state index contributed by atoms with van der Waals surface area (Å²) in [5.74, 6) is 0.654. The summed E-state index contributed by atoms with van der Waals surface area (Å²) in [7, 11) is -5.86. The fourth-order valence-electron chi connectivity index (χ4n) is 3.64. The van der Waals surface area contributed by atoms with E-state index in [2.05, 4.69) is 9.82 Å². The van der Waals surface area contributed by atoms with Crippen LogP contribution in [0.5, 0.6) is 5.75 Å². The second kappa shape index (κ2) is 9.28. The molecule has 1 N–H and O–H groups in total. The summed E-state index contributed by atoms with van der Waals surface area (Å²) in [6, 6.07) is 19.2. The van der Waals surface area contributed by atoms with Gasteiger partial charge in [0.1, 0.15) is 5.75 Å². The Bertz CT molecular complexity index is 1440. The van der Waals surface area contributed by atoms with Gasteiger partial charge in [-0.05, 0) is 53.6 Å². The molecule has 8 nitrogen and oxygen atoms in total. The van der Waals surface area contributed by atoms with E-state index in [4.69, 9.17) is 16.3 Å². The highest BCUT2D eigenvalue weighted by molar-refractivity contribution is 7.92. The highest BCUT2D eigenvalue weighted by atomic mass is 35.5. The van der Waals surface area contributed by atoms with Gasteiger partial charge in [0.25, 0.3) is 10.0 Å². The van der Waals surface area contributed by atoms with Crippen molar-refractivity contribution in [2.45, 2.75) is 17.4 Å². The van der Waals surface area contributed by atoms with Crippen LogP contribution >= 0.6 is 11.6 Å². The molecule has 3 aromatic rings. The Labute approximate surface area is 203 Å². The van der Waals surface area contributed by atoms with Gasteiger partial charge in [-0.15, -0.1) is 0 Å². The van der Waals surface area contributed by atoms with Gasteiger partial charge < -0.3 is 4.74 Å². The van der Waals surface area contributed by atoms with Crippen LogP contribution in [0.4, 0.5) is 5.69 Å². The Morgan fingerprint density at radius 3 is 2.26 bits per heavy atom. The standard InChI is InChI=1S/C23H22ClN3O5S2/c1-32-20-12-8-17(9-13-20)23-15-22(16-6-10-19(11-7-16)26-33(2,28)29)25-27(23)34(30,31)21-5-3-4-18(24)14-21/h3-14,23,26H,15H2,1-2H3/t23-/m1/s1. The highest BCUT2D eigenvalue weighted by Crippen LogP contribution is 2.38. The Hall–Kier alpha value is -3.08. The third kappa shape index (κ3) is 5.19. The lowest BCUT2D eigenvalue weighted by Crippen LogP contribution is -2.27. The van der Waals surface area contributed by atoms with Crippen LogP contribution in [0.3, 0.4) is 0 Å². The van der Waals surface area contributed by atoms with Crippen molar-refractivity contribution in [1.29, 1.82) is 0 Å². The number of methoxy groups -OCH3 is 1. The van der Waals surface area contributed by atoms with Crippen LogP contribution in [0.15, 0.2) is 82.8 Å². The average Bonchev–Trinajstić information content (AvgIpc) is 3.25. The first kappa shape index (κ1) is 24.1. The summed E-state index contributed by atoms with van der Waals surface area (Å²) in [4.78, 5) is 0.0382. The zero-order valence-electron chi connectivity index (χ0n) is 18.3. The van der Waals surface area contributed by atoms with E-state index in [1.54, 1.807) is 55.6 Å². The number of benzene rings is 3. The minimum atomic E-state index is -4.01. The van der Waals surface area contributed by atoms with Crippen LogP contribution in [0.1, 0.15) is 23.6 Å². The first-order valence-corrected chi connectivity index (χ1v) is 13.9. The number of hydrogen-bond donors (Lipinski definition) is 1. The number of anilines is 1. The summed E-state index contributed by atoms with van der Waals surface area (Å²) in [6.07, 6.45) is 1.39. The number of sulfonamides is 2. The van der Waals surface area contributed by atoms with Gasteiger partial charge >= 0.3 is 0 Å². The van der Waals surface area contributed by atoms with Gasteiger partial charge in [-0.25, -0.2) is 8.42 Å². The SMILES string of the molecule is COc1ccc([C@H]2CC(c3ccc(NS(C)(=O)=O)cc3)=NN2S(=O)(=O)c2cccc(Cl)c2)cc1. The molecule has 1 aliphatic rings. The second-order valence-corrected chi connectivity index (χ2v) is 11.7. The molecule has 178 valence electrons. The van der Waals surface area contributed by atoms with Crippen molar-refractivity contribution >= 4 is 43.0 Å². The Balaban J connectivity index is 1.74. The summed E-state index contributed by atoms with van der Waals surface area (Å²) in [6.45, 7) is 0. The zero-order chi connectivity index (χ0) is 24.5. The van der Waals surface area contributed by atoms with E-state index in [-0.39, 0.29) is 4.90 Å². The molecule has 0 fully saturated rings. The van der Waals surface area contributed by atoms with Crippen molar-refractivity contribution < 1.29 is 21.6 Å². The first-order chi connectivity index (χ1) is 16.1. The van der Waals surface area contributed by atoms with Crippen LogP contribution < -0.4 is 9.46 Å². The van der Waals surface area contributed by atoms with Crippen LogP contribution in [-0.2, 0) is 20.0 Å². The molecular weight excluding hydrogens is 498 g/mol.